The molecule has 0 heterocycles. The maximum absolute atomic E-state index is 14.7. The van der Waals surface area contributed by atoms with E-state index in [1.165, 1.54) is 0 Å². The molecule has 0 radical (unpaired) electrons. The first-order chi connectivity index (χ1) is 18.8. The van der Waals surface area contributed by atoms with Crippen LogP contribution in [0.25, 0.3) is 0 Å². The van der Waals surface area contributed by atoms with Crippen molar-refractivity contribution >= 4 is 6.09 Å². The Kier molecular flexibility index (Phi) is 16.3. The van der Waals surface area contributed by atoms with Gasteiger partial charge in [-0.05, 0) is 31.9 Å². The molecule has 39 heavy (non-hydrogen) atoms. The lowest BCUT2D eigenvalue weighted by Crippen LogP contribution is -2.34. The van der Waals surface area contributed by atoms with Crippen LogP contribution >= 0.6 is 0 Å². The second kappa shape index (κ2) is 19.5. The number of nitrogens with one attached hydrogen (secondary N) is 1. The van der Waals surface area contributed by atoms with Crippen LogP contribution in [0.1, 0.15) is 31.9 Å². The monoisotopic (exact) mass is 548 g/mol. The fraction of sp³-hybridized carbons (Fsp3) is 0.567. The van der Waals surface area contributed by atoms with E-state index in [1.807, 2.05) is 57.2 Å². The Hall–Kier alpha value is -2.56. The standard InChI is InChI=1S/C30H45FN2O6/c1-30(2,3)39-29(34)32-14-15-35-16-17-36-18-19-37-20-21-38-25-28(31)24-33(22-26-10-6-4-7-11-26)23-27-12-8-5-9-13-27/h4-13,28H,14-25H2,1-3H3,(H,32,34). The predicted molar refractivity (Wildman–Crippen MR) is 149 cm³/mol. The van der Waals surface area contributed by atoms with Gasteiger partial charge >= 0.3 is 6.09 Å². The number of alkyl carbamates (subject to hydrolysis) is 1. The third kappa shape index (κ3) is 17.6. The highest BCUT2D eigenvalue weighted by atomic mass is 19.1. The van der Waals surface area contributed by atoms with Gasteiger partial charge in [-0.3, -0.25) is 4.90 Å². The number of alkyl halides is 1. The molecule has 8 nitrogen and oxygen atoms in total. The molecule has 0 spiro atoms. The highest BCUT2D eigenvalue weighted by Gasteiger charge is 2.16. The number of carbonyl (C=O) groups is 1. The molecule has 1 amide bonds. The fourth-order valence-electron chi connectivity index (χ4n) is 3.61. The van der Waals surface area contributed by atoms with Crippen LogP contribution in [-0.2, 0) is 36.8 Å². The molecule has 0 bridgehead atoms. The molecule has 0 aromatic heterocycles. The van der Waals surface area contributed by atoms with Crippen molar-refractivity contribution in [1.82, 2.24) is 10.2 Å². The quantitative estimate of drug-likeness (QED) is 0.242. The van der Waals surface area contributed by atoms with Crippen molar-refractivity contribution in [3.05, 3.63) is 71.8 Å². The molecule has 218 valence electrons. The molecule has 1 atom stereocenters. The lowest BCUT2D eigenvalue weighted by Gasteiger charge is -2.24. The molecule has 0 aliphatic carbocycles. The van der Waals surface area contributed by atoms with Crippen LogP contribution in [0, 0.1) is 0 Å². The highest BCUT2D eigenvalue weighted by Crippen LogP contribution is 2.12. The lowest BCUT2D eigenvalue weighted by molar-refractivity contribution is -0.0107. The van der Waals surface area contributed by atoms with Gasteiger partial charge in [0.2, 0.25) is 0 Å². The maximum atomic E-state index is 14.7. The lowest BCUT2D eigenvalue weighted by atomic mass is 10.1. The van der Waals surface area contributed by atoms with Crippen molar-refractivity contribution in [2.75, 3.05) is 65.9 Å². The number of carbonyl (C=O) groups excluding carboxylic acids is 1. The first kappa shape index (κ1) is 32.7. The third-order valence-corrected chi connectivity index (χ3v) is 5.28. The highest BCUT2D eigenvalue weighted by molar-refractivity contribution is 5.67. The van der Waals surface area contributed by atoms with E-state index >= 15 is 0 Å². The second-order valence-electron chi connectivity index (χ2n) is 10.1. The first-order valence-corrected chi connectivity index (χ1v) is 13.5. The summed E-state index contributed by atoms with van der Waals surface area (Å²) in [4.78, 5) is 13.6. The summed E-state index contributed by atoms with van der Waals surface area (Å²) in [7, 11) is 0. The molecule has 0 saturated carbocycles. The molecule has 1 N–H and O–H groups in total. The van der Waals surface area contributed by atoms with Gasteiger partial charge in [-0.2, -0.15) is 0 Å². The molecule has 0 fully saturated rings. The van der Waals surface area contributed by atoms with Gasteiger partial charge in [0.05, 0.1) is 52.9 Å². The number of halogens is 1. The van der Waals surface area contributed by atoms with Gasteiger partial charge in [0.15, 0.2) is 0 Å². The van der Waals surface area contributed by atoms with Crippen molar-refractivity contribution in [3.8, 4) is 0 Å². The number of benzene rings is 2. The topological polar surface area (TPSA) is 78.5 Å². The van der Waals surface area contributed by atoms with E-state index in [-0.39, 0.29) is 13.2 Å². The minimum Gasteiger partial charge on any atom is -0.444 e. The van der Waals surface area contributed by atoms with Crippen LogP contribution in [0.3, 0.4) is 0 Å². The van der Waals surface area contributed by atoms with E-state index < -0.39 is 17.9 Å². The summed E-state index contributed by atoms with van der Waals surface area (Å²) in [5.41, 5.74) is 1.79. The average Bonchev–Trinajstić information content (AvgIpc) is 2.89. The van der Waals surface area contributed by atoms with Gasteiger partial charge in [0.25, 0.3) is 0 Å². The van der Waals surface area contributed by atoms with E-state index in [4.69, 9.17) is 23.7 Å². The zero-order valence-electron chi connectivity index (χ0n) is 23.6. The first-order valence-electron chi connectivity index (χ1n) is 13.5. The Morgan fingerprint density at radius 1 is 0.769 bits per heavy atom. The summed E-state index contributed by atoms with van der Waals surface area (Å²) in [6, 6.07) is 20.2. The molecule has 2 rings (SSSR count). The van der Waals surface area contributed by atoms with Crippen LogP contribution in [0.5, 0.6) is 0 Å². The van der Waals surface area contributed by atoms with Crippen molar-refractivity contribution in [2.45, 2.75) is 45.6 Å². The second-order valence-corrected chi connectivity index (χ2v) is 10.1. The number of hydrogen-bond acceptors (Lipinski definition) is 7. The minimum atomic E-state index is -1.10. The number of nitrogens with zero attached hydrogens (tertiary/aromatic N) is 1. The van der Waals surface area contributed by atoms with Crippen LogP contribution in [-0.4, -0.2) is 88.7 Å². The number of amides is 1. The zero-order valence-corrected chi connectivity index (χ0v) is 23.6. The summed E-state index contributed by atoms with van der Waals surface area (Å²) in [6.07, 6.45) is -1.56. The number of ether oxygens (including phenoxy) is 5. The third-order valence-electron chi connectivity index (χ3n) is 5.28. The van der Waals surface area contributed by atoms with Gasteiger partial charge in [0, 0.05) is 26.2 Å². The van der Waals surface area contributed by atoms with Gasteiger partial charge in [-0.1, -0.05) is 60.7 Å². The van der Waals surface area contributed by atoms with Gasteiger partial charge in [0.1, 0.15) is 11.8 Å². The Labute approximate surface area is 232 Å². The van der Waals surface area contributed by atoms with Crippen LogP contribution < -0.4 is 5.32 Å². The summed E-state index contributed by atoms with van der Waals surface area (Å²) in [6.45, 7) is 10.2. The Balaban J connectivity index is 1.46. The van der Waals surface area contributed by atoms with Crippen molar-refractivity contribution in [2.24, 2.45) is 0 Å². The number of rotatable bonds is 20. The molecular weight excluding hydrogens is 503 g/mol. The van der Waals surface area contributed by atoms with E-state index in [0.717, 1.165) is 11.1 Å². The van der Waals surface area contributed by atoms with Gasteiger partial charge in [-0.15, -0.1) is 0 Å². The van der Waals surface area contributed by atoms with E-state index in [2.05, 4.69) is 34.5 Å². The summed E-state index contributed by atoms with van der Waals surface area (Å²) in [5, 5.41) is 2.63. The minimum absolute atomic E-state index is 0.0278. The van der Waals surface area contributed by atoms with Crippen LogP contribution in [0.15, 0.2) is 60.7 Å². The van der Waals surface area contributed by atoms with Crippen LogP contribution in [0.2, 0.25) is 0 Å². The summed E-state index contributed by atoms with van der Waals surface area (Å²) < 4.78 is 41.7. The molecule has 0 saturated heterocycles. The van der Waals surface area contributed by atoms with E-state index in [1.54, 1.807) is 0 Å². The van der Waals surface area contributed by atoms with Gasteiger partial charge < -0.3 is 29.0 Å². The molecule has 1 unspecified atom stereocenters. The normalized spacial score (nSPS) is 12.4. The van der Waals surface area contributed by atoms with E-state index in [9.17, 15) is 9.18 Å². The molecule has 2 aromatic rings. The van der Waals surface area contributed by atoms with Crippen molar-refractivity contribution in [3.63, 3.8) is 0 Å². The molecule has 0 aliphatic rings. The SMILES string of the molecule is CC(C)(C)OC(=O)NCCOCCOCCOCCOCC(F)CN(Cc1ccccc1)Cc1ccccc1. The molecule has 2 aromatic carbocycles. The Morgan fingerprint density at radius 2 is 1.23 bits per heavy atom. The molecule has 9 heteroatoms. The van der Waals surface area contributed by atoms with Crippen LogP contribution in [0.4, 0.5) is 9.18 Å². The molecule has 0 aliphatic heterocycles. The summed E-state index contributed by atoms with van der Waals surface area (Å²) in [5.74, 6) is 0. The summed E-state index contributed by atoms with van der Waals surface area (Å²) >= 11 is 0. The molecular formula is C30H45FN2O6. The smallest absolute Gasteiger partial charge is 0.407 e. The average molecular weight is 549 g/mol. The largest absolute Gasteiger partial charge is 0.444 e. The Morgan fingerprint density at radius 3 is 1.72 bits per heavy atom. The van der Waals surface area contributed by atoms with Crippen molar-refractivity contribution < 1.29 is 32.9 Å². The van der Waals surface area contributed by atoms with E-state index in [0.29, 0.717) is 65.9 Å². The van der Waals surface area contributed by atoms with Crippen molar-refractivity contribution in [1.29, 1.82) is 0 Å². The maximum Gasteiger partial charge on any atom is 0.407 e. The Bertz CT molecular complexity index is 841. The van der Waals surface area contributed by atoms with Gasteiger partial charge in [-0.25, -0.2) is 9.18 Å². The number of hydrogen-bond donors (Lipinski definition) is 1. The fourth-order valence-corrected chi connectivity index (χ4v) is 3.61. The zero-order chi connectivity index (χ0) is 28.2. The predicted octanol–water partition coefficient (Wildman–Crippen LogP) is 4.62.